The van der Waals surface area contributed by atoms with Crippen LogP contribution in [0.4, 0.5) is 22.7 Å². The van der Waals surface area contributed by atoms with E-state index in [9.17, 15) is 0 Å². The number of likely N-dealkylation sites (N-methyl/N-ethyl adjacent to an activating group) is 2. The smallest absolute Gasteiger partial charge is 0.474 e. The summed E-state index contributed by atoms with van der Waals surface area (Å²) in [6.45, 7) is 8.30. The number of benzene rings is 4. The zero-order valence-corrected chi connectivity index (χ0v) is 35.6. The Morgan fingerprint density at radius 1 is 0.412 bits per heavy atom. The van der Waals surface area contributed by atoms with Gasteiger partial charge >= 0.3 is 19.5 Å². The van der Waals surface area contributed by atoms with Crippen LogP contribution in [0.1, 0.15) is 22.3 Å². The Labute approximate surface area is 320 Å². The van der Waals surface area contributed by atoms with E-state index in [0.717, 1.165) is 46.1 Å². The van der Waals surface area contributed by atoms with Crippen molar-refractivity contribution in [2.75, 3.05) is 56.4 Å². The number of nitrogens with zero attached hydrogens (tertiary/aromatic N) is 8. The first-order chi connectivity index (χ1) is 23.7. The summed E-state index contributed by atoms with van der Waals surface area (Å²) in [5.74, 6) is 3.40. The minimum absolute atomic E-state index is 0. The van der Waals surface area contributed by atoms with Crippen molar-refractivity contribution in [2.24, 2.45) is 9.98 Å². The molecule has 0 aliphatic carbocycles. The molecule has 4 rings (SSSR count). The average Bonchev–Trinajstić information content (AvgIpc) is 3.07. The molecule has 0 aliphatic heterocycles. The molecule has 9 heteroatoms. The van der Waals surface area contributed by atoms with Crippen LogP contribution in [0, 0.1) is 27.7 Å². The largest absolute Gasteiger partial charge is 2.00 e. The molecule has 0 N–H and O–H groups in total. The third-order valence-corrected chi connectivity index (χ3v) is 7.46. The van der Waals surface area contributed by atoms with E-state index in [0.29, 0.717) is 0 Å². The summed E-state index contributed by atoms with van der Waals surface area (Å²) in [7, 11) is 15.9. The van der Waals surface area contributed by atoms with Gasteiger partial charge in [0, 0.05) is 28.2 Å². The van der Waals surface area contributed by atoms with Gasteiger partial charge in [0.15, 0.2) is 0 Å². The van der Waals surface area contributed by atoms with Gasteiger partial charge in [-0.1, -0.05) is 135 Å². The van der Waals surface area contributed by atoms with Crippen molar-refractivity contribution in [1.82, 2.24) is 19.6 Å². The molecule has 0 aliphatic rings. The number of amidine groups is 2. The average molecular weight is 736 g/mol. The minimum atomic E-state index is 0. The third kappa shape index (κ3) is 14.9. The zero-order valence-electron chi connectivity index (χ0n) is 32.7. The standard InChI is InChI=1S/2C21H27N4.Zn/c2*1-16-7-11-18(12-8-16)22-20(24(3)4)15-21(25(5)6)23-19-13-9-17(2)10-14-19;/h2*7-15H,1-6H3;/q2*-1;+2/b2*20-15+,23-21?;. The van der Waals surface area contributed by atoms with Crippen LogP contribution in [0.25, 0.3) is 10.6 Å². The van der Waals surface area contributed by atoms with Gasteiger partial charge in [-0.2, -0.15) is 0 Å². The van der Waals surface area contributed by atoms with Crippen LogP contribution < -0.4 is 0 Å². The van der Waals surface area contributed by atoms with Gasteiger partial charge in [-0.15, -0.1) is 0 Å². The summed E-state index contributed by atoms with van der Waals surface area (Å²) < 4.78 is 0. The second-order valence-electron chi connectivity index (χ2n) is 13.1. The van der Waals surface area contributed by atoms with E-state index in [-0.39, 0.29) is 19.5 Å². The monoisotopic (exact) mass is 734 g/mol. The fraction of sp³-hybridized carbons (Fsp3) is 0.286. The molecule has 0 radical (unpaired) electrons. The second-order valence-corrected chi connectivity index (χ2v) is 13.1. The van der Waals surface area contributed by atoms with E-state index in [1.807, 2.05) is 137 Å². The second kappa shape index (κ2) is 20.7. The summed E-state index contributed by atoms with van der Waals surface area (Å²) >= 11 is 0. The molecule has 4 aromatic rings. The molecular weight excluding hydrogens is 682 g/mol. The fourth-order valence-electron chi connectivity index (χ4n) is 4.28. The van der Waals surface area contributed by atoms with Gasteiger partial charge in [-0.25, -0.2) is 9.98 Å². The van der Waals surface area contributed by atoms with Crippen LogP contribution in [0.15, 0.2) is 131 Å². The van der Waals surface area contributed by atoms with E-state index in [1.54, 1.807) is 0 Å². The molecule has 0 fully saturated rings. The van der Waals surface area contributed by atoms with E-state index >= 15 is 0 Å². The van der Waals surface area contributed by atoms with Gasteiger partial charge in [0.25, 0.3) is 0 Å². The molecular formula is C42H54N8Zn. The van der Waals surface area contributed by atoms with Crippen molar-refractivity contribution < 1.29 is 19.5 Å². The first-order valence-corrected chi connectivity index (χ1v) is 16.7. The first kappa shape index (κ1) is 42.3. The van der Waals surface area contributed by atoms with Crippen LogP contribution in [0.2, 0.25) is 0 Å². The van der Waals surface area contributed by atoms with E-state index in [2.05, 4.69) is 76.2 Å². The van der Waals surface area contributed by atoms with Gasteiger partial charge in [-0.05, 0) is 75.5 Å². The van der Waals surface area contributed by atoms with Crippen LogP contribution in [0.3, 0.4) is 0 Å². The maximum Gasteiger partial charge on any atom is 2.00 e. The molecule has 0 saturated heterocycles. The van der Waals surface area contributed by atoms with E-state index < -0.39 is 0 Å². The van der Waals surface area contributed by atoms with Gasteiger partial charge in [0.2, 0.25) is 0 Å². The Kier molecular flexibility index (Phi) is 17.2. The van der Waals surface area contributed by atoms with Crippen molar-refractivity contribution in [3.8, 4) is 0 Å². The molecule has 0 bridgehead atoms. The van der Waals surface area contributed by atoms with Crippen molar-refractivity contribution >= 4 is 34.4 Å². The normalized spacial score (nSPS) is 11.8. The Hall–Kier alpha value is -4.88. The van der Waals surface area contributed by atoms with E-state index in [1.165, 1.54) is 22.3 Å². The molecule has 0 saturated carbocycles. The fourth-order valence-corrected chi connectivity index (χ4v) is 4.28. The predicted octanol–water partition coefficient (Wildman–Crippen LogP) is 10.0. The molecule has 0 aromatic heterocycles. The van der Waals surface area contributed by atoms with Crippen molar-refractivity contribution in [3.63, 3.8) is 0 Å². The van der Waals surface area contributed by atoms with Crippen molar-refractivity contribution in [3.05, 3.63) is 154 Å². The van der Waals surface area contributed by atoms with Crippen LogP contribution in [-0.2, 0) is 19.5 Å². The molecule has 51 heavy (non-hydrogen) atoms. The van der Waals surface area contributed by atoms with Crippen LogP contribution in [0.5, 0.6) is 0 Å². The summed E-state index contributed by atoms with van der Waals surface area (Å²) in [6.07, 6.45) is 4.00. The van der Waals surface area contributed by atoms with Gasteiger partial charge in [0.05, 0.1) is 11.4 Å². The number of hydrogen-bond donors (Lipinski definition) is 0. The molecule has 0 atom stereocenters. The van der Waals surface area contributed by atoms with Crippen LogP contribution >= 0.6 is 0 Å². The maximum atomic E-state index is 4.76. The SMILES string of the molecule is Cc1ccc(N=C(/C=C(\[N-]c2ccc(C)cc2)N(C)C)N(C)C)cc1.Cc1ccc(N=C(/C=C(\[N-]c2ccc(C)cc2)N(C)C)N(C)C)cc1.[Zn+2]. The van der Waals surface area contributed by atoms with Gasteiger partial charge in [-0.3, -0.25) is 0 Å². The van der Waals surface area contributed by atoms with Gasteiger partial charge < -0.3 is 30.2 Å². The third-order valence-electron chi connectivity index (χ3n) is 7.46. The number of hydrogen-bond acceptors (Lipinski definition) is 4. The molecule has 264 valence electrons. The van der Waals surface area contributed by atoms with Crippen molar-refractivity contribution in [2.45, 2.75) is 27.7 Å². The summed E-state index contributed by atoms with van der Waals surface area (Å²) in [5.41, 5.74) is 8.62. The quantitative estimate of drug-likeness (QED) is 0.0924. The Bertz CT molecular complexity index is 1620. The molecule has 4 aromatic carbocycles. The molecule has 0 spiro atoms. The van der Waals surface area contributed by atoms with Crippen molar-refractivity contribution in [1.29, 1.82) is 0 Å². The minimum Gasteiger partial charge on any atom is -0.474 e. The summed E-state index contributed by atoms with van der Waals surface area (Å²) in [4.78, 5) is 17.5. The Morgan fingerprint density at radius 3 is 0.902 bits per heavy atom. The predicted molar refractivity (Wildman–Crippen MR) is 216 cm³/mol. The van der Waals surface area contributed by atoms with Crippen LogP contribution in [-0.4, -0.2) is 87.7 Å². The number of aryl methyl sites for hydroxylation is 4. The molecule has 0 heterocycles. The van der Waals surface area contributed by atoms with Gasteiger partial charge in [0.1, 0.15) is 11.7 Å². The summed E-state index contributed by atoms with van der Waals surface area (Å²) in [6, 6.07) is 32.8. The molecule has 8 nitrogen and oxygen atoms in total. The first-order valence-electron chi connectivity index (χ1n) is 16.7. The number of rotatable bonds is 10. The Balaban J connectivity index is 0.000000347. The van der Waals surface area contributed by atoms with E-state index in [4.69, 9.17) is 20.6 Å². The summed E-state index contributed by atoms with van der Waals surface area (Å²) in [5, 5.41) is 9.51. The number of aliphatic imine (C=N–C) groups is 2. The topological polar surface area (TPSA) is 65.9 Å². The maximum absolute atomic E-state index is 4.76. The Morgan fingerprint density at radius 2 is 0.667 bits per heavy atom. The zero-order chi connectivity index (χ0) is 36.8. The molecule has 0 amide bonds. The molecule has 0 unspecified atom stereocenters.